The fraction of sp³-hybridized carbons (Fsp3) is 0.333. The molecule has 0 aromatic heterocycles. The molecule has 0 saturated carbocycles. The number of ketones is 2. The van der Waals surface area contributed by atoms with Crippen molar-refractivity contribution in [2.24, 2.45) is 0 Å². The average molecular weight is 313 g/mol. The lowest BCUT2D eigenvalue weighted by Crippen LogP contribution is -2.25. The van der Waals surface area contributed by atoms with E-state index in [-0.39, 0.29) is 0 Å². The Balaban J connectivity index is 3.30. The fourth-order valence-electron chi connectivity index (χ4n) is 1.55. The van der Waals surface area contributed by atoms with Gasteiger partial charge >= 0.3 is 12.4 Å². The number of allylic oxidation sites excluding steroid dienone is 5. The number of hydrogen-bond acceptors (Lipinski definition) is 3. The van der Waals surface area contributed by atoms with E-state index in [2.05, 4.69) is 0 Å². The summed E-state index contributed by atoms with van der Waals surface area (Å²) in [5.41, 5.74) is -2.41. The minimum Gasteiger partial charge on any atom is -0.383 e. The first-order chi connectivity index (χ1) is 9.34. The van der Waals surface area contributed by atoms with Crippen molar-refractivity contribution in [1.29, 1.82) is 0 Å². The molecule has 116 valence electrons. The second-order valence-electron chi connectivity index (χ2n) is 4.36. The third-order valence-electron chi connectivity index (χ3n) is 2.34. The highest BCUT2D eigenvalue weighted by molar-refractivity contribution is 6.11. The summed E-state index contributed by atoms with van der Waals surface area (Å²) in [7, 11) is 2.81. The smallest absolute Gasteiger partial charge is 0.383 e. The zero-order valence-corrected chi connectivity index (χ0v) is 10.8. The molecule has 1 aliphatic rings. The van der Waals surface area contributed by atoms with Crippen LogP contribution in [-0.2, 0) is 9.59 Å². The molecule has 0 heterocycles. The molecule has 0 atom stereocenters. The molecule has 0 spiro atoms. The molecule has 0 amide bonds. The molecule has 0 aromatic rings. The standard InChI is InChI=1S/C12H9F6NO2/c1-19(2)5-7-3-6(9(20)11(13,14)15)4-8(7)10(21)12(16,17)18/h3-5H,1-2H3/b7-5+. The van der Waals surface area contributed by atoms with Gasteiger partial charge in [0.05, 0.1) is 0 Å². The predicted octanol–water partition coefficient (Wildman–Crippen LogP) is 2.56. The van der Waals surface area contributed by atoms with Crippen molar-refractivity contribution in [1.82, 2.24) is 4.90 Å². The van der Waals surface area contributed by atoms with Gasteiger partial charge in [0.15, 0.2) is 0 Å². The van der Waals surface area contributed by atoms with Crippen LogP contribution in [0.15, 0.2) is 35.1 Å². The normalized spacial score (nSPS) is 17.6. The lowest BCUT2D eigenvalue weighted by Gasteiger charge is -2.10. The summed E-state index contributed by atoms with van der Waals surface area (Å²) in [6.45, 7) is 0. The van der Waals surface area contributed by atoms with Crippen molar-refractivity contribution in [3.8, 4) is 0 Å². The Morgan fingerprint density at radius 2 is 1.43 bits per heavy atom. The van der Waals surface area contributed by atoms with Crippen molar-refractivity contribution in [2.75, 3.05) is 14.1 Å². The summed E-state index contributed by atoms with van der Waals surface area (Å²) in [4.78, 5) is 23.5. The highest BCUT2D eigenvalue weighted by atomic mass is 19.4. The monoisotopic (exact) mass is 313 g/mol. The van der Waals surface area contributed by atoms with Crippen LogP contribution in [0.3, 0.4) is 0 Å². The molecule has 1 rings (SSSR count). The highest BCUT2D eigenvalue weighted by Gasteiger charge is 2.45. The molecule has 0 saturated heterocycles. The SMILES string of the molecule is CN(C)/C=C1\C=C(C(=O)C(F)(F)F)C=C1C(=O)C(F)(F)F. The zero-order valence-electron chi connectivity index (χ0n) is 10.8. The Bertz CT molecular complexity index is 563. The highest BCUT2D eigenvalue weighted by Crippen LogP contribution is 2.34. The van der Waals surface area contributed by atoms with Crippen LogP contribution in [0.5, 0.6) is 0 Å². The van der Waals surface area contributed by atoms with Crippen molar-refractivity contribution >= 4 is 11.6 Å². The summed E-state index contributed by atoms with van der Waals surface area (Å²) in [5.74, 6) is -4.62. The van der Waals surface area contributed by atoms with E-state index in [1.807, 2.05) is 0 Å². The quantitative estimate of drug-likeness (QED) is 0.752. The Kier molecular flexibility index (Phi) is 4.35. The largest absolute Gasteiger partial charge is 0.454 e. The van der Waals surface area contributed by atoms with Crippen LogP contribution in [0.1, 0.15) is 0 Å². The fourth-order valence-corrected chi connectivity index (χ4v) is 1.55. The maximum absolute atomic E-state index is 12.4. The first-order valence-corrected chi connectivity index (χ1v) is 5.39. The van der Waals surface area contributed by atoms with Crippen LogP contribution in [-0.4, -0.2) is 42.9 Å². The van der Waals surface area contributed by atoms with Crippen LogP contribution in [0, 0.1) is 0 Å². The van der Waals surface area contributed by atoms with Gasteiger partial charge < -0.3 is 4.90 Å². The van der Waals surface area contributed by atoms with Gasteiger partial charge in [0.25, 0.3) is 11.6 Å². The van der Waals surface area contributed by atoms with Crippen molar-refractivity contribution in [3.05, 3.63) is 35.1 Å². The first kappa shape index (κ1) is 17.0. The molecule has 0 aromatic carbocycles. The zero-order chi connectivity index (χ0) is 16.6. The van der Waals surface area contributed by atoms with Gasteiger partial charge in [-0.15, -0.1) is 0 Å². The third kappa shape index (κ3) is 3.96. The number of carbonyl (C=O) groups excluding carboxylic acids is 2. The van der Waals surface area contributed by atoms with Gasteiger partial charge in [-0.05, 0) is 12.2 Å². The molecule has 0 bridgehead atoms. The van der Waals surface area contributed by atoms with E-state index in [1.54, 1.807) is 0 Å². The number of hydrogen-bond donors (Lipinski definition) is 0. The number of Topliss-reactive ketones (excluding diaryl/α,β-unsaturated/α-hetero) is 2. The summed E-state index contributed by atoms with van der Waals surface area (Å²) in [6.07, 6.45) is -8.55. The summed E-state index contributed by atoms with van der Waals surface area (Å²) >= 11 is 0. The van der Waals surface area contributed by atoms with Gasteiger partial charge in [0, 0.05) is 37.0 Å². The molecule has 0 radical (unpaired) electrons. The molecular weight excluding hydrogens is 304 g/mol. The van der Waals surface area contributed by atoms with E-state index in [9.17, 15) is 35.9 Å². The van der Waals surface area contributed by atoms with Crippen molar-refractivity contribution in [2.45, 2.75) is 12.4 Å². The van der Waals surface area contributed by atoms with Crippen molar-refractivity contribution in [3.63, 3.8) is 0 Å². The van der Waals surface area contributed by atoms with Crippen molar-refractivity contribution < 1.29 is 35.9 Å². The Hall–Kier alpha value is -2.06. The number of rotatable bonds is 3. The third-order valence-corrected chi connectivity index (χ3v) is 2.34. The number of halogens is 6. The summed E-state index contributed by atoms with van der Waals surface area (Å²) in [5, 5.41) is 0. The molecule has 0 aliphatic heterocycles. The minimum atomic E-state index is -5.25. The van der Waals surface area contributed by atoms with Crippen LogP contribution >= 0.6 is 0 Å². The Morgan fingerprint density at radius 1 is 0.952 bits per heavy atom. The number of alkyl halides is 6. The van der Waals surface area contributed by atoms with Crippen LogP contribution in [0.2, 0.25) is 0 Å². The number of carbonyl (C=O) groups is 2. The topological polar surface area (TPSA) is 37.4 Å². The van der Waals surface area contributed by atoms with Crippen LogP contribution in [0.25, 0.3) is 0 Å². The van der Waals surface area contributed by atoms with E-state index in [0.717, 1.165) is 6.20 Å². The van der Waals surface area contributed by atoms with Gasteiger partial charge in [-0.1, -0.05) is 0 Å². The maximum Gasteiger partial charge on any atom is 0.454 e. The van der Waals surface area contributed by atoms with E-state index in [4.69, 9.17) is 0 Å². The van der Waals surface area contributed by atoms with Gasteiger partial charge in [0.2, 0.25) is 0 Å². The Labute approximate surface area is 115 Å². The predicted molar refractivity (Wildman–Crippen MR) is 60.1 cm³/mol. The minimum absolute atomic E-state index is 0.307. The molecule has 0 unspecified atom stereocenters. The molecule has 21 heavy (non-hydrogen) atoms. The Morgan fingerprint density at radius 3 is 1.81 bits per heavy atom. The molecular formula is C12H9F6NO2. The van der Waals surface area contributed by atoms with Gasteiger partial charge in [-0.3, -0.25) is 9.59 Å². The second-order valence-corrected chi connectivity index (χ2v) is 4.36. The molecule has 0 fully saturated rings. The molecule has 0 N–H and O–H groups in total. The van der Waals surface area contributed by atoms with Gasteiger partial charge in [-0.25, -0.2) is 0 Å². The van der Waals surface area contributed by atoms with E-state index in [0.29, 0.717) is 12.2 Å². The van der Waals surface area contributed by atoms with E-state index in [1.165, 1.54) is 19.0 Å². The maximum atomic E-state index is 12.4. The lowest BCUT2D eigenvalue weighted by atomic mass is 10.1. The summed E-state index contributed by atoms with van der Waals surface area (Å²) < 4.78 is 74.1. The lowest BCUT2D eigenvalue weighted by molar-refractivity contribution is -0.166. The van der Waals surface area contributed by atoms with Gasteiger partial charge in [0.1, 0.15) is 0 Å². The van der Waals surface area contributed by atoms with Crippen LogP contribution in [0.4, 0.5) is 26.3 Å². The average Bonchev–Trinajstić information content (AvgIpc) is 2.67. The molecule has 1 aliphatic carbocycles. The van der Waals surface area contributed by atoms with Gasteiger partial charge in [-0.2, -0.15) is 26.3 Å². The van der Waals surface area contributed by atoms with Crippen LogP contribution < -0.4 is 0 Å². The molecule has 9 heteroatoms. The van der Waals surface area contributed by atoms with E-state index >= 15 is 0 Å². The second kappa shape index (κ2) is 5.38. The molecule has 3 nitrogen and oxygen atoms in total. The first-order valence-electron chi connectivity index (χ1n) is 5.39. The summed E-state index contributed by atoms with van der Waals surface area (Å²) in [6, 6.07) is 0. The number of nitrogens with zero attached hydrogens (tertiary/aromatic N) is 1. The van der Waals surface area contributed by atoms with E-state index < -0.39 is 40.6 Å².